The smallest absolute Gasteiger partial charge is 0.137 e. The quantitative estimate of drug-likeness (QED) is 0.782. The van der Waals surface area contributed by atoms with Crippen LogP contribution in [0.25, 0.3) is 5.65 Å². The summed E-state index contributed by atoms with van der Waals surface area (Å²) in [7, 11) is 0. The number of pyridine rings is 1. The molecule has 2 heterocycles. The Morgan fingerprint density at radius 3 is 2.88 bits per heavy atom. The van der Waals surface area contributed by atoms with Crippen molar-refractivity contribution in [3.63, 3.8) is 0 Å². The van der Waals surface area contributed by atoms with E-state index in [4.69, 9.17) is 5.73 Å². The maximum absolute atomic E-state index is 5.72. The van der Waals surface area contributed by atoms with Crippen LogP contribution in [-0.2, 0) is 6.42 Å². The molecule has 0 saturated heterocycles. The molecule has 86 valence electrons. The number of fused-ring (bicyclic) bond motifs is 1. The summed E-state index contributed by atoms with van der Waals surface area (Å²) in [5.41, 5.74) is 8.66. The molecule has 0 aliphatic heterocycles. The van der Waals surface area contributed by atoms with Gasteiger partial charge in [-0.2, -0.15) is 0 Å². The van der Waals surface area contributed by atoms with Crippen LogP contribution in [0, 0.1) is 0 Å². The summed E-state index contributed by atoms with van der Waals surface area (Å²) >= 11 is 0. The Morgan fingerprint density at radius 2 is 2.06 bits per heavy atom. The van der Waals surface area contributed by atoms with Crippen LogP contribution in [0.5, 0.6) is 0 Å². The number of rotatable bonds is 5. The van der Waals surface area contributed by atoms with Crippen molar-refractivity contribution in [1.82, 2.24) is 9.38 Å². The fraction of sp³-hybridized carbons (Fsp3) is 0.462. The lowest BCUT2D eigenvalue weighted by molar-refractivity contribution is 0.662. The van der Waals surface area contributed by atoms with E-state index in [0.717, 1.165) is 17.8 Å². The highest BCUT2D eigenvalue weighted by Gasteiger charge is 2.01. The minimum Gasteiger partial charge on any atom is -0.398 e. The zero-order chi connectivity index (χ0) is 11.4. The zero-order valence-electron chi connectivity index (χ0n) is 9.82. The van der Waals surface area contributed by atoms with Gasteiger partial charge in [0.25, 0.3) is 0 Å². The molecule has 0 aliphatic rings. The van der Waals surface area contributed by atoms with Crippen molar-refractivity contribution in [3.05, 3.63) is 30.2 Å². The highest BCUT2D eigenvalue weighted by atomic mass is 15.0. The van der Waals surface area contributed by atoms with Crippen LogP contribution in [0.15, 0.2) is 24.5 Å². The molecule has 2 aromatic rings. The molecule has 0 atom stereocenters. The lowest BCUT2D eigenvalue weighted by atomic mass is 10.1. The predicted octanol–water partition coefficient (Wildman–Crippen LogP) is 3.04. The van der Waals surface area contributed by atoms with Gasteiger partial charge in [0, 0.05) is 18.1 Å². The molecule has 0 spiro atoms. The van der Waals surface area contributed by atoms with E-state index in [-0.39, 0.29) is 0 Å². The first-order valence-electron chi connectivity index (χ1n) is 6.02. The highest BCUT2D eigenvalue weighted by molar-refractivity contribution is 5.48. The Bertz CT molecular complexity index is 459. The second kappa shape index (κ2) is 5.01. The molecule has 0 fully saturated rings. The van der Waals surface area contributed by atoms with Crippen molar-refractivity contribution in [2.24, 2.45) is 0 Å². The average Bonchev–Trinajstić information content (AvgIpc) is 2.66. The summed E-state index contributed by atoms with van der Waals surface area (Å²) < 4.78 is 2.00. The van der Waals surface area contributed by atoms with Crippen molar-refractivity contribution in [2.45, 2.75) is 39.0 Å². The Kier molecular flexibility index (Phi) is 3.44. The van der Waals surface area contributed by atoms with E-state index in [2.05, 4.69) is 18.1 Å². The highest BCUT2D eigenvalue weighted by Crippen LogP contribution is 2.11. The normalized spacial score (nSPS) is 11.1. The Balaban J connectivity index is 2.02. The molecule has 2 N–H and O–H groups in total. The predicted molar refractivity (Wildman–Crippen MR) is 67.5 cm³/mol. The van der Waals surface area contributed by atoms with Crippen LogP contribution >= 0.6 is 0 Å². The Morgan fingerprint density at radius 1 is 1.19 bits per heavy atom. The number of imidazole rings is 1. The van der Waals surface area contributed by atoms with E-state index < -0.39 is 0 Å². The van der Waals surface area contributed by atoms with Crippen molar-refractivity contribution < 1.29 is 0 Å². The largest absolute Gasteiger partial charge is 0.398 e. The first-order valence-corrected chi connectivity index (χ1v) is 6.02. The van der Waals surface area contributed by atoms with Crippen molar-refractivity contribution in [3.8, 4) is 0 Å². The van der Waals surface area contributed by atoms with Crippen LogP contribution in [0.3, 0.4) is 0 Å². The molecule has 2 rings (SSSR count). The molecular formula is C13H19N3. The fourth-order valence-corrected chi connectivity index (χ4v) is 1.91. The summed E-state index contributed by atoms with van der Waals surface area (Å²) in [6.45, 7) is 2.23. The van der Waals surface area contributed by atoms with Gasteiger partial charge in [0.2, 0.25) is 0 Å². The van der Waals surface area contributed by atoms with Crippen molar-refractivity contribution >= 4 is 11.3 Å². The molecule has 0 aliphatic carbocycles. The van der Waals surface area contributed by atoms with E-state index >= 15 is 0 Å². The molecule has 0 unspecified atom stereocenters. The van der Waals surface area contributed by atoms with Crippen LogP contribution in [-0.4, -0.2) is 9.38 Å². The van der Waals surface area contributed by atoms with E-state index in [9.17, 15) is 0 Å². The van der Waals surface area contributed by atoms with Crippen molar-refractivity contribution in [2.75, 3.05) is 5.73 Å². The molecule has 2 aromatic heterocycles. The Labute approximate surface area is 96.3 Å². The maximum atomic E-state index is 5.72. The maximum Gasteiger partial charge on any atom is 0.137 e. The van der Waals surface area contributed by atoms with Gasteiger partial charge in [0.15, 0.2) is 0 Å². The number of aryl methyl sites for hydroxylation is 1. The third kappa shape index (κ3) is 2.54. The topological polar surface area (TPSA) is 43.3 Å². The van der Waals surface area contributed by atoms with Gasteiger partial charge in [0.1, 0.15) is 5.65 Å². The SMILES string of the molecule is CCCCCCc1cn2cc(N)ccc2n1. The molecule has 0 amide bonds. The second-order valence-electron chi connectivity index (χ2n) is 4.27. The summed E-state index contributed by atoms with van der Waals surface area (Å²) in [5.74, 6) is 0. The molecule has 16 heavy (non-hydrogen) atoms. The number of unbranched alkanes of at least 4 members (excludes halogenated alkanes) is 3. The van der Waals surface area contributed by atoms with E-state index in [1.807, 2.05) is 22.7 Å². The summed E-state index contributed by atoms with van der Waals surface area (Å²) in [6.07, 6.45) is 10.2. The molecule has 3 heteroatoms. The van der Waals surface area contributed by atoms with Gasteiger partial charge in [-0.1, -0.05) is 26.2 Å². The van der Waals surface area contributed by atoms with Gasteiger partial charge in [-0.25, -0.2) is 4.98 Å². The summed E-state index contributed by atoms with van der Waals surface area (Å²) in [5, 5.41) is 0. The first kappa shape index (κ1) is 11.0. The number of aromatic nitrogens is 2. The van der Waals surface area contributed by atoms with Gasteiger partial charge in [-0.05, 0) is 25.0 Å². The standard InChI is InChI=1S/C13H19N3/c1-2-3-4-5-6-12-10-16-9-11(14)7-8-13(16)15-12/h7-10H,2-6,14H2,1H3. The first-order chi connectivity index (χ1) is 7.79. The summed E-state index contributed by atoms with van der Waals surface area (Å²) in [4.78, 5) is 4.56. The van der Waals surface area contributed by atoms with Crippen LogP contribution < -0.4 is 5.73 Å². The molecule has 0 bridgehead atoms. The number of nitrogens with zero attached hydrogens (tertiary/aromatic N) is 2. The van der Waals surface area contributed by atoms with Crippen LogP contribution in [0.1, 0.15) is 38.3 Å². The minimum atomic E-state index is 0.780. The number of hydrogen-bond acceptors (Lipinski definition) is 2. The monoisotopic (exact) mass is 217 g/mol. The third-order valence-corrected chi connectivity index (χ3v) is 2.81. The third-order valence-electron chi connectivity index (χ3n) is 2.81. The van der Waals surface area contributed by atoms with Gasteiger partial charge < -0.3 is 10.1 Å². The number of anilines is 1. The van der Waals surface area contributed by atoms with Gasteiger partial charge in [0.05, 0.1) is 5.69 Å². The second-order valence-corrected chi connectivity index (χ2v) is 4.27. The summed E-state index contributed by atoms with van der Waals surface area (Å²) in [6, 6.07) is 3.86. The average molecular weight is 217 g/mol. The number of hydrogen-bond donors (Lipinski definition) is 1. The van der Waals surface area contributed by atoms with Crippen molar-refractivity contribution in [1.29, 1.82) is 0 Å². The fourth-order valence-electron chi connectivity index (χ4n) is 1.91. The Hall–Kier alpha value is -1.51. The van der Waals surface area contributed by atoms with Gasteiger partial charge >= 0.3 is 0 Å². The number of nitrogens with two attached hydrogens (primary N) is 1. The molecule has 0 saturated carbocycles. The van der Waals surface area contributed by atoms with Crippen LogP contribution in [0.4, 0.5) is 5.69 Å². The van der Waals surface area contributed by atoms with E-state index in [1.165, 1.54) is 31.4 Å². The number of nitrogen functional groups attached to an aromatic ring is 1. The van der Waals surface area contributed by atoms with E-state index in [0.29, 0.717) is 0 Å². The molecule has 3 nitrogen and oxygen atoms in total. The van der Waals surface area contributed by atoms with Gasteiger partial charge in [-0.3, -0.25) is 0 Å². The lowest BCUT2D eigenvalue weighted by Crippen LogP contribution is -1.88. The molecular weight excluding hydrogens is 198 g/mol. The van der Waals surface area contributed by atoms with E-state index in [1.54, 1.807) is 0 Å². The lowest BCUT2D eigenvalue weighted by Gasteiger charge is -1.95. The zero-order valence-corrected chi connectivity index (χ0v) is 9.82. The van der Waals surface area contributed by atoms with Gasteiger partial charge in [-0.15, -0.1) is 0 Å². The molecule has 0 radical (unpaired) electrons. The van der Waals surface area contributed by atoms with Crippen LogP contribution in [0.2, 0.25) is 0 Å². The minimum absolute atomic E-state index is 0.780. The molecule has 0 aromatic carbocycles.